The second kappa shape index (κ2) is 5.85. The minimum atomic E-state index is -3.54. The van der Waals surface area contributed by atoms with Crippen LogP contribution in [0.5, 0.6) is 0 Å². The van der Waals surface area contributed by atoms with Crippen molar-refractivity contribution in [3.8, 4) is 0 Å². The van der Waals surface area contributed by atoms with Crippen LogP contribution in [-0.2, 0) is 10.0 Å². The largest absolute Gasteiger partial charge is 0.307 e. The van der Waals surface area contributed by atoms with Gasteiger partial charge in [0.05, 0.1) is 0 Å². The molecule has 0 aromatic carbocycles. The topological polar surface area (TPSA) is 88.3 Å². The van der Waals surface area contributed by atoms with Crippen LogP contribution in [0.1, 0.15) is 32.6 Å². The summed E-state index contributed by atoms with van der Waals surface area (Å²) in [5.74, 6) is 5.55. The van der Waals surface area contributed by atoms with Crippen LogP contribution in [0, 0.1) is 0 Å². The summed E-state index contributed by atoms with van der Waals surface area (Å²) in [6, 6.07) is 3.22. The minimum absolute atomic E-state index is 0.0737. The first-order valence-electron chi connectivity index (χ1n) is 6.54. The Balaban J connectivity index is 2.40. The third kappa shape index (κ3) is 2.72. The van der Waals surface area contributed by atoms with Crippen LogP contribution in [-0.4, -0.2) is 30.3 Å². The van der Waals surface area contributed by atoms with Gasteiger partial charge in [0, 0.05) is 18.8 Å². The standard InChI is InChI=1S/C12H20N4O2S/c1-2-10-6-3-4-9-16(10)19(17,18)11-7-5-8-14-12(11)15-13/h5,7-8,10H,2-4,6,9,13H2,1H3,(H,14,15). The first kappa shape index (κ1) is 14.2. The van der Waals surface area contributed by atoms with Crippen molar-refractivity contribution in [3.05, 3.63) is 18.3 Å². The molecule has 1 aliphatic rings. The van der Waals surface area contributed by atoms with Gasteiger partial charge in [-0.05, 0) is 31.4 Å². The molecule has 2 rings (SSSR count). The van der Waals surface area contributed by atoms with E-state index in [0.717, 1.165) is 25.7 Å². The van der Waals surface area contributed by atoms with Crippen molar-refractivity contribution in [1.82, 2.24) is 9.29 Å². The highest BCUT2D eigenvalue weighted by atomic mass is 32.2. The molecule has 106 valence electrons. The van der Waals surface area contributed by atoms with E-state index >= 15 is 0 Å². The minimum Gasteiger partial charge on any atom is -0.307 e. The fourth-order valence-electron chi connectivity index (χ4n) is 2.53. The second-order valence-electron chi connectivity index (χ2n) is 4.67. The van der Waals surface area contributed by atoms with Crippen molar-refractivity contribution in [3.63, 3.8) is 0 Å². The number of pyridine rings is 1. The number of hydrogen-bond acceptors (Lipinski definition) is 5. The summed E-state index contributed by atoms with van der Waals surface area (Å²) < 4.78 is 27.0. The van der Waals surface area contributed by atoms with Gasteiger partial charge in [0.2, 0.25) is 10.0 Å². The molecule has 1 saturated heterocycles. The van der Waals surface area contributed by atoms with Crippen LogP contribution >= 0.6 is 0 Å². The van der Waals surface area contributed by atoms with E-state index in [1.54, 1.807) is 16.4 Å². The predicted molar refractivity (Wildman–Crippen MR) is 73.9 cm³/mol. The smallest absolute Gasteiger partial charge is 0.247 e. The molecule has 1 fully saturated rings. The van der Waals surface area contributed by atoms with Gasteiger partial charge in [-0.25, -0.2) is 19.2 Å². The zero-order chi connectivity index (χ0) is 13.9. The number of aromatic nitrogens is 1. The van der Waals surface area contributed by atoms with Crippen molar-refractivity contribution in [1.29, 1.82) is 0 Å². The highest BCUT2D eigenvalue weighted by Crippen LogP contribution is 2.29. The van der Waals surface area contributed by atoms with E-state index in [2.05, 4.69) is 10.4 Å². The average Bonchev–Trinajstić information content (AvgIpc) is 2.47. The maximum atomic E-state index is 12.7. The third-order valence-corrected chi connectivity index (χ3v) is 5.52. The zero-order valence-corrected chi connectivity index (χ0v) is 11.9. The summed E-state index contributed by atoms with van der Waals surface area (Å²) in [6.45, 7) is 2.59. The quantitative estimate of drug-likeness (QED) is 0.643. The summed E-state index contributed by atoms with van der Waals surface area (Å²) in [4.78, 5) is 4.12. The molecule has 0 radical (unpaired) electrons. The van der Waals surface area contributed by atoms with E-state index in [1.807, 2.05) is 6.92 Å². The van der Waals surface area contributed by atoms with Gasteiger partial charge in [-0.1, -0.05) is 13.3 Å². The highest BCUT2D eigenvalue weighted by molar-refractivity contribution is 7.89. The Kier molecular flexibility index (Phi) is 4.38. The number of sulfonamides is 1. The number of nitrogen functional groups attached to an aromatic ring is 1. The number of hydrazine groups is 1. The number of anilines is 1. The molecule has 1 aliphatic heterocycles. The van der Waals surface area contributed by atoms with E-state index in [-0.39, 0.29) is 16.8 Å². The van der Waals surface area contributed by atoms with Gasteiger partial charge in [-0.3, -0.25) is 0 Å². The number of nitrogens with two attached hydrogens (primary N) is 1. The summed E-state index contributed by atoms with van der Waals surface area (Å²) >= 11 is 0. The van der Waals surface area contributed by atoms with Gasteiger partial charge in [0.25, 0.3) is 0 Å². The Morgan fingerprint density at radius 1 is 1.53 bits per heavy atom. The monoisotopic (exact) mass is 284 g/mol. The van der Waals surface area contributed by atoms with Crippen LogP contribution in [0.4, 0.5) is 5.82 Å². The molecule has 3 N–H and O–H groups in total. The molecule has 0 bridgehead atoms. The zero-order valence-electron chi connectivity index (χ0n) is 11.0. The average molecular weight is 284 g/mol. The van der Waals surface area contributed by atoms with Gasteiger partial charge >= 0.3 is 0 Å². The molecule has 0 spiro atoms. The number of nitrogens with one attached hydrogen (secondary N) is 1. The van der Waals surface area contributed by atoms with Crippen molar-refractivity contribution < 1.29 is 8.42 Å². The molecular weight excluding hydrogens is 264 g/mol. The highest BCUT2D eigenvalue weighted by Gasteiger charge is 2.34. The molecular formula is C12H20N4O2S. The summed E-state index contributed by atoms with van der Waals surface area (Å²) in [5, 5.41) is 0. The summed E-state index contributed by atoms with van der Waals surface area (Å²) in [7, 11) is -3.54. The maximum absolute atomic E-state index is 12.7. The fraction of sp³-hybridized carbons (Fsp3) is 0.583. The number of rotatable bonds is 4. The van der Waals surface area contributed by atoms with Crippen molar-refractivity contribution in [2.45, 2.75) is 43.5 Å². The number of nitrogens with zero attached hydrogens (tertiary/aromatic N) is 2. The van der Waals surface area contributed by atoms with Gasteiger partial charge in [0.1, 0.15) is 4.90 Å². The molecule has 0 aliphatic carbocycles. The third-order valence-electron chi connectivity index (χ3n) is 3.54. The Bertz CT molecular complexity index is 532. The molecule has 0 amide bonds. The molecule has 19 heavy (non-hydrogen) atoms. The van der Waals surface area contributed by atoms with Crippen LogP contribution in [0.15, 0.2) is 23.2 Å². The van der Waals surface area contributed by atoms with E-state index in [1.165, 1.54) is 6.20 Å². The number of hydrogen-bond donors (Lipinski definition) is 2. The Labute approximate surface area is 114 Å². The van der Waals surface area contributed by atoms with E-state index in [0.29, 0.717) is 6.54 Å². The van der Waals surface area contributed by atoms with Crippen molar-refractivity contribution in [2.24, 2.45) is 5.84 Å². The molecule has 0 saturated carbocycles. The molecule has 6 nitrogen and oxygen atoms in total. The van der Waals surface area contributed by atoms with Crippen LogP contribution < -0.4 is 11.3 Å². The molecule has 1 aromatic rings. The molecule has 1 aromatic heterocycles. The van der Waals surface area contributed by atoms with Crippen LogP contribution in [0.25, 0.3) is 0 Å². The lowest BCUT2D eigenvalue weighted by Gasteiger charge is -2.34. The van der Waals surface area contributed by atoms with E-state index in [9.17, 15) is 8.42 Å². The number of piperidine rings is 1. The predicted octanol–water partition coefficient (Wildman–Crippen LogP) is 1.32. The van der Waals surface area contributed by atoms with Gasteiger partial charge in [-0.2, -0.15) is 4.31 Å². The normalized spacial score (nSPS) is 21.3. The van der Waals surface area contributed by atoms with E-state index < -0.39 is 10.0 Å². The maximum Gasteiger partial charge on any atom is 0.247 e. The molecule has 1 unspecified atom stereocenters. The van der Waals surface area contributed by atoms with Gasteiger partial charge in [-0.15, -0.1) is 0 Å². The van der Waals surface area contributed by atoms with Crippen LogP contribution in [0.2, 0.25) is 0 Å². The van der Waals surface area contributed by atoms with Crippen molar-refractivity contribution in [2.75, 3.05) is 12.0 Å². The Morgan fingerprint density at radius 2 is 2.32 bits per heavy atom. The molecule has 1 atom stereocenters. The van der Waals surface area contributed by atoms with Gasteiger partial charge in [0.15, 0.2) is 5.82 Å². The lowest BCUT2D eigenvalue weighted by Crippen LogP contribution is -2.43. The Morgan fingerprint density at radius 3 is 3.00 bits per heavy atom. The first-order valence-corrected chi connectivity index (χ1v) is 7.98. The second-order valence-corrected chi connectivity index (χ2v) is 6.53. The molecule has 2 heterocycles. The lowest BCUT2D eigenvalue weighted by atomic mass is 10.0. The first-order chi connectivity index (χ1) is 9.11. The van der Waals surface area contributed by atoms with E-state index in [4.69, 9.17) is 5.84 Å². The summed E-state index contributed by atoms with van der Waals surface area (Å²) in [5.41, 5.74) is 2.36. The molecule has 7 heteroatoms. The SMILES string of the molecule is CCC1CCCCN1S(=O)(=O)c1cccnc1NN. The summed E-state index contributed by atoms with van der Waals surface area (Å²) in [6.07, 6.45) is 5.24. The lowest BCUT2D eigenvalue weighted by molar-refractivity contribution is 0.246. The Hall–Kier alpha value is -1.18. The van der Waals surface area contributed by atoms with Gasteiger partial charge < -0.3 is 5.43 Å². The van der Waals surface area contributed by atoms with Crippen LogP contribution in [0.3, 0.4) is 0 Å². The fourth-order valence-corrected chi connectivity index (χ4v) is 4.41. The van der Waals surface area contributed by atoms with Crippen molar-refractivity contribution >= 4 is 15.8 Å².